The fourth-order valence-corrected chi connectivity index (χ4v) is 3.40. The fraction of sp³-hybridized carbons (Fsp3) is 0.348. The van der Waals surface area contributed by atoms with Gasteiger partial charge in [-0.1, -0.05) is 30.9 Å². The highest BCUT2D eigenvalue weighted by Gasteiger charge is 2.10. The fourth-order valence-electron chi connectivity index (χ4n) is 3.22. The summed E-state index contributed by atoms with van der Waals surface area (Å²) in [6.45, 7) is 0.539. The van der Waals surface area contributed by atoms with Crippen LogP contribution in [0.5, 0.6) is 5.75 Å². The summed E-state index contributed by atoms with van der Waals surface area (Å²) in [7, 11) is 1.41. The van der Waals surface area contributed by atoms with Gasteiger partial charge in [-0.15, -0.1) is 0 Å². The molecule has 0 saturated heterocycles. The third-order valence-electron chi connectivity index (χ3n) is 4.96. The first-order valence-electron chi connectivity index (χ1n) is 10.4. The third kappa shape index (κ3) is 6.43. The van der Waals surface area contributed by atoms with Crippen molar-refractivity contribution in [1.82, 2.24) is 9.97 Å². The number of carbonyl (C=O) groups excluding carboxylic acids is 1. The average Bonchev–Trinajstić information content (AvgIpc) is 2.78. The van der Waals surface area contributed by atoms with Gasteiger partial charge in [0.25, 0.3) is 0 Å². The van der Waals surface area contributed by atoms with Crippen LogP contribution < -0.4 is 15.8 Å². The van der Waals surface area contributed by atoms with Gasteiger partial charge in [0.05, 0.1) is 29.9 Å². The number of benzene rings is 2. The molecule has 0 bridgehead atoms. The molecule has 0 atom stereocenters. The summed E-state index contributed by atoms with van der Waals surface area (Å²) in [5.41, 5.74) is 7.94. The number of nitrogen functional groups attached to an aromatic ring is 1. The molecule has 3 rings (SSSR count). The van der Waals surface area contributed by atoms with Crippen molar-refractivity contribution in [1.29, 1.82) is 0 Å². The Morgan fingerprint density at radius 1 is 1.12 bits per heavy atom. The molecular formula is C23H26ClFN4O3. The van der Waals surface area contributed by atoms with E-state index in [4.69, 9.17) is 22.1 Å². The highest BCUT2D eigenvalue weighted by atomic mass is 35.5. The van der Waals surface area contributed by atoms with Gasteiger partial charge in [-0.05, 0) is 37.1 Å². The minimum atomic E-state index is -0.489. The van der Waals surface area contributed by atoms with Gasteiger partial charge in [-0.3, -0.25) is 4.79 Å². The summed E-state index contributed by atoms with van der Waals surface area (Å²) in [6.07, 6.45) is 6.65. The van der Waals surface area contributed by atoms with E-state index in [0.717, 1.165) is 32.1 Å². The standard InChI is InChI=1S/C23H26ClFN4O3/c1-31-22(30)7-5-3-2-4-6-10-32-21-13-20-16(12-19(21)26)23(28-14-27-20)29-15-8-9-18(25)17(24)11-15/h8-9,11-14H,2-7,10,26H2,1H3,(H,27,28,29). The lowest BCUT2D eigenvalue weighted by Crippen LogP contribution is -2.02. The number of nitrogens with two attached hydrogens (primary N) is 1. The number of anilines is 3. The summed E-state index contributed by atoms with van der Waals surface area (Å²) in [5.74, 6) is 0.446. The Hall–Kier alpha value is -3.13. The molecule has 7 nitrogen and oxygen atoms in total. The van der Waals surface area contributed by atoms with Gasteiger partial charge in [0.15, 0.2) is 0 Å². The second-order valence-corrected chi connectivity index (χ2v) is 7.73. The Bertz CT molecular complexity index is 1080. The monoisotopic (exact) mass is 460 g/mol. The van der Waals surface area contributed by atoms with Crippen molar-refractivity contribution in [3.05, 3.63) is 47.5 Å². The molecule has 0 radical (unpaired) electrons. The second-order valence-electron chi connectivity index (χ2n) is 7.33. The Balaban J connectivity index is 1.56. The molecule has 2 aromatic carbocycles. The van der Waals surface area contributed by atoms with Crippen LogP contribution >= 0.6 is 11.6 Å². The van der Waals surface area contributed by atoms with Crippen LogP contribution in [0.15, 0.2) is 36.7 Å². The molecule has 170 valence electrons. The summed E-state index contributed by atoms with van der Waals surface area (Å²) in [5, 5.41) is 3.85. The third-order valence-corrected chi connectivity index (χ3v) is 5.25. The number of unbranched alkanes of at least 4 members (excludes halogenated alkanes) is 4. The first-order valence-corrected chi connectivity index (χ1v) is 10.8. The maximum absolute atomic E-state index is 13.4. The molecule has 0 aliphatic carbocycles. The van der Waals surface area contributed by atoms with E-state index in [2.05, 4.69) is 20.0 Å². The number of nitrogens with one attached hydrogen (secondary N) is 1. The lowest BCUT2D eigenvalue weighted by Gasteiger charge is -2.13. The van der Waals surface area contributed by atoms with Gasteiger partial charge < -0.3 is 20.5 Å². The summed E-state index contributed by atoms with van der Waals surface area (Å²) in [4.78, 5) is 19.7. The van der Waals surface area contributed by atoms with Gasteiger partial charge in [-0.25, -0.2) is 14.4 Å². The van der Waals surface area contributed by atoms with Crippen molar-refractivity contribution in [2.75, 3.05) is 24.8 Å². The number of rotatable bonds is 11. The van der Waals surface area contributed by atoms with E-state index in [1.54, 1.807) is 18.2 Å². The van der Waals surface area contributed by atoms with Crippen LogP contribution in [-0.2, 0) is 9.53 Å². The van der Waals surface area contributed by atoms with Crippen LogP contribution in [0.4, 0.5) is 21.6 Å². The molecule has 9 heteroatoms. The maximum Gasteiger partial charge on any atom is 0.305 e. The Morgan fingerprint density at radius 2 is 1.91 bits per heavy atom. The molecular weight excluding hydrogens is 435 g/mol. The quantitative estimate of drug-likeness (QED) is 0.217. The average molecular weight is 461 g/mol. The van der Waals surface area contributed by atoms with E-state index in [1.165, 1.54) is 25.6 Å². The van der Waals surface area contributed by atoms with E-state index in [0.29, 0.717) is 46.9 Å². The number of esters is 1. The molecule has 0 spiro atoms. The van der Waals surface area contributed by atoms with Crippen LogP contribution in [0.25, 0.3) is 10.9 Å². The van der Waals surface area contributed by atoms with E-state index in [9.17, 15) is 9.18 Å². The zero-order valence-electron chi connectivity index (χ0n) is 17.9. The van der Waals surface area contributed by atoms with Crippen LogP contribution in [0.1, 0.15) is 38.5 Å². The zero-order chi connectivity index (χ0) is 22.9. The topological polar surface area (TPSA) is 99.4 Å². The van der Waals surface area contributed by atoms with Crippen molar-refractivity contribution in [3.8, 4) is 5.75 Å². The Morgan fingerprint density at radius 3 is 2.69 bits per heavy atom. The largest absolute Gasteiger partial charge is 0.491 e. The lowest BCUT2D eigenvalue weighted by molar-refractivity contribution is -0.140. The van der Waals surface area contributed by atoms with Crippen molar-refractivity contribution in [3.63, 3.8) is 0 Å². The normalized spacial score (nSPS) is 10.8. The minimum absolute atomic E-state index is 0.0204. The van der Waals surface area contributed by atoms with E-state index in [1.807, 2.05) is 0 Å². The Kier molecular flexibility index (Phi) is 8.44. The number of aromatic nitrogens is 2. The number of hydrogen-bond donors (Lipinski definition) is 2. The van der Waals surface area contributed by atoms with Crippen LogP contribution in [0.3, 0.4) is 0 Å². The van der Waals surface area contributed by atoms with Gasteiger partial charge in [0.2, 0.25) is 0 Å². The molecule has 1 aromatic heterocycles. The summed E-state index contributed by atoms with van der Waals surface area (Å²) in [6, 6.07) is 7.89. The number of hydrogen-bond acceptors (Lipinski definition) is 7. The molecule has 0 fully saturated rings. The Labute approximate surface area is 191 Å². The van der Waals surface area contributed by atoms with Crippen molar-refractivity contribution < 1.29 is 18.7 Å². The second kappa shape index (κ2) is 11.5. The van der Waals surface area contributed by atoms with Gasteiger partial charge in [0.1, 0.15) is 23.7 Å². The number of carbonyl (C=O) groups is 1. The molecule has 3 aromatic rings. The van der Waals surface area contributed by atoms with Crippen LogP contribution in [0.2, 0.25) is 5.02 Å². The van der Waals surface area contributed by atoms with E-state index < -0.39 is 5.82 Å². The van der Waals surface area contributed by atoms with Crippen molar-refractivity contribution >= 4 is 45.7 Å². The van der Waals surface area contributed by atoms with Crippen molar-refractivity contribution in [2.24, 2.45) is 0 Å². The molecule has 0 aliphatic rings. The first-order chi connectivity index (χ1) is 15.5. The number of halogens is 2. The molecule has 0 aliphatic heterocycles. The van der Waals surface area contributed by atoms with Gasteiger partial charge in [0, 0.05) is 23.6 Å². The molecule has 0 unspecified atom stereocenters. The predicted molar refractivity (Wildman–Crippen MR) is 124 cm³/mol. The van der Waals surface area contributed by atoms with Crippen LogP contribution in [0, 0.1) is 5.82 Å². The number of methoxy groups -OCH3 is 1. The molecule has 0 saturated carbocycles. The zero-order valence-corrected chi connectivity index (χ0v) is 18.6. The van der Waals surface area contributed by atoms with Gasteiger partial charge >= 0.3 is 5.97 Å². The molecule has 32 heavy (non-hydrogen) atoms. The summed E-state index contributed by atoms with van der Waals surface area (Å²) < 4.78 is 23.9. The number of nitrogens with zero attached hydrogens (tertiary/aromatic N) is 2. The minimum Gasteiger partial charge on any atom is -0.491 e. The van der Waals surface area contributed by atoms with Crippen molar-refractivity contribution in [2.45, 2.75) is 38.5 Å². The van der Waals surface area contributed by atoms with E-state index in [-0.39, 0.29) is 11.0 Å². The highest BCUT2D eigenvalue weighted by molar-refractivity contribution is 6.31. The lowest BCUT2D eigenvalue weighted by atomic mass is 10.1. The summed E-state index contributed by atoms with van der Waals surface area (Å²) >= 11 is 5.86. The number of fused-ring (bicyclic) bond motifs is 1. The SMILES string of the molecule is COC(=O)CCCCCCCOc1cc2ncnc(Nc3ccc(F)c(Cl)c3)c2cc1N. The molecule has 1 heterocycles. The number of ether oxygens (including phenoxy) is 2. The smallest absolute Gasteiger partial charge is 0.305 e. The highest BCUT2D eigenvalue weighted by Crippen LogP contribution is 2.32. The van der Waals surface area contributed by atoms with Crippen LogP contribution in [-0.4, -0.2) is 29.7 Å². The predicted octanol–water partition coefficient (Wildman–Crippen LogP) is 5.64. The van der Waals surface area contributed by atoms with E-state index >= 15 is 0 Å². The molecule has 3 N–H and O–H groups in total. The molecule has 0 amide bonds. The first kappa shape index (κ1) is 23.5. The maximum atomic E-state index is 13.4. The van der Waals surface area contributed by atoms with Gasteiger partial charge in [-0.2, -0.15) is 0 Å².